The number of fused-ring (bicyclic) bond motifs is 1. The van der Waals surface area contributed by atoms with Gasteiger partial charge in [-0.25, -0.2) is 4.79 Å². The van der Waals surface area contributed by atoms with Gasteiger partial charge in [-0.2, -0.15) is 0 Å². The molecule has 1 aromatic heterocycles. The summed E-state index contributed by atoms with van der Waals surface area (Å²) in [6.07, 6.45) is 4.28. The number of urea groups is 1. The maximum absolute atomic E-state index is 13.4. The van der Waals surface area contributed by atoms with Crippen LogP contribution in [0.25, 0.3) is 0 Å². The number of carbonyl (C=O) groups is 1. The maximum atomic E-state index is 13.4. The second-order valence-electron chi connectivity index (χ2n) is 7.41. The van der Waals surface area contributed by atoms with Crippen LogP contribution in [0, 0.1) is 0 Å². The van der Waals surface area contributed by atoms with E-state index in [9.17, 15) is 4.79 Å². The predicted molar refractivity (Wildman–Crippen MR) is 119 cm³/mol. The summed E-state index contributed by atoms with van der Waals surface area (Å²) in [5.41, 5.74) is 1.34. The van der Waals surface area contributed by atoms with Gasteiger partial charge in [0.05, 0.1) is 26.5 Å². The molecule has 0 aliphatic carbocycles. The minimum Gasteiger partial charge on any atom is -0.497 e. The van der Waals surface area contributed by atoms with Crippen molar-refractivity contribution in [3.8, 4) is 11.5 Å². The topological polar surface area (TPSA) is 81.5 Å². The summed E-state index contributed by atoms with van der Waals surface area (Å²) in [6.45, 7) is 1.14. The molecule has 31 heavy (non-hydrogen) atoms. The van der Waals surface area contributed by atoms with Crippen LogP contribution in [0.2, 0.25) is 0 Å². The van der Waals surface area contributed by atoms with Crippen molar-refractivity contribution < 1.29 is 14.3 Å². The number of ether oxygens (including phenoxy) is 2. The van der Waals surface area contributed by atoms with E-state index < -0.39 is 0 Å². The molecule has 0 saturated carbocycles. The van der Waals surface area contributed by atoms with E-state index >= 15 is 0 Å². The highest BCUT2D eigenvalue weighted by molar-refractivity contribution is 6.02. The Morgan fingerprint density at radius 3 is 2.68 bits per heavy atom. The lowest BCUT2D eigenvalue weighted by Gasteiger charge is -2.25. The second-order valence-corrected chi connectivity index (χ2v) is 7.41. The van der Waals surface area contributed by atoms with E-state index in [0.717, 1.165) is 37.5 Å². The lowest BCUT2D eigenvalue weighted by molar-refractivity contribution is 0.256. The number of aryl methyl sites for hydroxylation is 1. The Bertz CT molecular complexity index is 1030. The van der Waals surface area contributed by atoms with Crippen molar-refractivity contribution in [1.82, 2.24) is 14.8 Å². The summed E-state index contributed by atoms with van der Waals surface area (Å²) >= 11 is 0. The quantitative estimate of drug-likeness (QED) is 0.643. The zero-order chi connectivity index (χ0) is 21.6. The van der Waals surface area contributed by atoms with Crippen LogP contribution in [-0.2, 0) is 19.5 Å². The number of amides is 2. The van der Waals surface area contributed by atoms with Gasteiger partial charge in [0.1, 0.15) is 17.3 Å². The first-order valence-electron chi connectivity index (χ1n) is 10.5. The summed E-state index contributed by atoms with van der Waals surface area (Å²) in [7, 11) is 3.18. The van der Waals surface area contributed by atoms with Crippen molar-refractivity contribution in [2.24, 2.45) is 0 Å². The first kappa shape index (κ1) is 20.7. The SMILES string of the molecule is COc1ccc(N(Cc2nnc3n2CCCCC3)C(=O)Nc2ccccc2)c(OC)c1. The van der Waals surface area contributed by atoms with E-state index in [1.165, 1.54) is 6.42 Å². The number of para-hydroxylation sites is 1. The van der Waals surface area contributed by atoms with Crippen molar-refractivity contribution >= 4 is 17.4 Å². The zero-order valence-electron chi connectivity index (χ0n) is 17.9. The summed E-state index contributed by atoms with van der Waals surface area (Å²) in [5, 5.41) is 11.8. The molecule has 0 spiro atoms. The van der Waals surface area contributed by atoms with Crippen LogP contribution in [0.5, 0.6) is 11.5 Å². The van der Waals surface area contributed by atoms with E-state index in [0.29, 0.717) is 22.9 Å². The van der Waals surface area contributed by atoms with Crippen LogP contribution in [-0.4, -0.2) is 35.0 Å². The molecule has 2 amide bonds. The number of aromatic nitrogens is 3. The fourth-order valence-electron chi connectivity index (χ4n) is 3.79. The number of hydrogen-bond acceptors (Lipinski definition) is 5. The van der Waals surface area contributed by atoms with Gasteiger partial charge in [0.25, 0.3) is 0 Å². The predicted octanol–water partition coefficient (Wildman–Crippen LogP) is 4.26. The Morgan fingerprint density at radius 2 is 1.90 bits per heavy atom. The standard InChI is InChI=1S/C23H27N5O3/c1-30-18-12-13-19(20(15-18)31-2)28(23(29)24-17-9-5-3-6-10-17)16-22-26-25-21-11-7-4-8-14-27(21)22/h3,5-6,9-10,12-13,15H,4,7-8,11,14,16H2,1-2H3,(H,24,29). The van der Waals surface area contributed by atoms with Crippen LogP contribution in [0.4, 0.5) is 16.2 Å². The van der Waals surface area contributed by atoms with Crippen LogP contribution in [0.3, 0.4) is 0 Å². The monoisotopic (exact) mass is 421 g/mol. The largest absolute Gasteiger partial charge is 0.497 e. The number of benzene rings is 2. The minimum atomic E-state index is -0.277. The number of methoxy groups -OCH3 is 2. The Hall–Kier alpha value is -3.55. The van der Waals surface area contributed by atoms with Crippen molar-refractivity contribution in [2.45, 2.75) is 38.8 Å². The van der Waals surface area contributed by atoms with Gasteiger partial charge >= 0.3 is 6.03 Å². The van der Waals surface area contributed by atoms with E-state index in [2.05, 4.69) is 20.1 Å². The second kappa shape index (κ2) is 9.51. The highest BCUT2D eigenvalue weighted by Crippen LogP contribution is 2.33. The fraction of sp³-hybridized carbons (Fsp3) is 0.348. The van der Waals surface area contributed by atoms with Gasteiger partial charge in [-0.1, -0.05) is 24.6 Å². The summed E-state index contributed by atoms with van der Waals surface area (Å²) in [4.78, 5) is 15.0. The highest BCUT2D eigenvalue weighted by Gasteiger charge is 2.24. The summed E-state index contributed by atoms with van der Waals surface area (Å²) < 4.78 is 13.0. The van der Waals surface area contributed by atoms with E-state index in [1.807, 2.05) is 42.5 Å². The molecule has 2 aromatic carbocycles. The molecule has 0 unspecified atom stereocenters. The van der Waals surface area contributed by atoms with Gasteiger partial charge in [-0.15, -0.1) is 10.2 Å². The molecule has 0 atom stereocenters. The third-order valence-corrected chi connectivity index (χ3v) is 5.43. The van der Waals surface area contributed by atoms with Gasteiger partial charge in [0, 0.05) is 24.7 Å². The van der Waals surface area contributed by atoms with Crippen molar-refractivity contribution in [3.63, 3.8) is 0 Å². The molecule has 0 saturated heterocycles. The van der Waals surface area contributed by atoms with Gasteiger partial charge in [0.2, 0.25) is 0 Å². The number of carbonyl (C=O) groups excluding carboxylic acids is 1. The first-order valence-corrected chi connectivity index (χ1v) is 10.5. The molecule has 0 bridgehead atoms. The van der Waals surface area contributed by atoms with E-state index in [1.54, 1.807) is 25.2 Å². The van der Waals surface area contributed by atoms with Crippen molar-refractivity contribution in [3.05, 3.63) is 60.2 Å². The highest BCUT2D eigenvalue weighted by atomic mass is 16.5. The minimum absolute atomic E-state index is 0.272. The fourth-order valence-corrected chi connectivity index (χ4v) is 3.79. The zero-order valence-corrected chi connectivity index (χ0v) is 17.9. The molecule has 4 rings (SSSR count). The number of nitrogens with one attached hydrogen (secondary N) is 1. The Kier molecular flexibility index (Phi) is 6.35. The van der Waals surface area contributed by atoms with Gasteiger partial charge < -0.3 is 19.4 Å². The maximum Gasteiger partial charge on any atom is 0.326 e. The molecule has 8 nitrogen and oxygen atoms in total. The summed E-state index contributed by atoms with van der Waals surface area (Å²) in [5.74, 6) is 2.94. The molecule has 1 aliphatic rings. The Morgan fingerprint density at radius 1 is 1.06 bits per heavy atom. The lowest BCUT2D eigenvalue weighted by Crippen LogP contribution is -2.35. The van der Waals surface area contributed by atoms with Gasteiger partial charge in [-0.05, 0) is 37.1 Å². The molecule has 162 valence electrons. The third kappa shape index (κ3) is 4.63. The molecule has 8 heteroatoms. The lowest BCUT2D eigenvalue weighted by atomic mass is 10.2. The average molecular weight is 422 g/mol. The number of rotatable bonds is 6. The summed E-state index contributed by atoms with van der Waals surface area (Å²) in [6, 6.07) is 14.5. The molecule has 0 radical (unpaired) electrons. The van der Waals surface area contributed by atoms with Gasteiger partial charge in [-0.3, -0.25) is 4.90 Å². The molecule has 3 aromatic rings. The molecule has 1 aliphatic heterocycles. The third-order valence-electron chi connectivity index (χ3n) is 5.43. The molecule has 2 heterocycles. The van der Waals surface area contributed by atoms with Gasteiger partial charge in [0.15, 0.2) is 5.82 Å². The van der Waals surface area contributed by atoms with Crippen molar-refractivity contribution in [2.75, 3.05) is 24.4 Å². The molecular weight excluding hydrogens is 394 g/mol. The normalized spacial score (nSPS) is 13.1. The average Bonchev–Trinajstić information content (AvgIpc) is 3.02. The molecule has 0 fully saturated rings. The number of hydrogen-bond donors (Lipinski definition) is 1. The van der Waals surface area contributed by atoms with Crippen LogP contribution in [0.1, 0.15) is 30.9 Å². The van der Waals surface area contributed by atoms with E-state index in [-0.39, 0.29) is 12.6 Å². The Labute approximate surface area is 181 Å². The Balaban J connectivity index is 1.69. The van der Waals surface area contributed by atoms with Crippen LogP contribution < -0.4 is 19.7 Å². The first-order chi connectivity index (χ1) is 15.2. The van der Waals surface area contributed by atoms with Crippen LogP contribution >= 0.6 is 0 Å². The smallest absolute Gasteiger partial charge is 0.326 e. The number of nitrogens with zero attached hydrogens (tertiary/aromatic N) is 4. The molecular formula is C23H27N5O3. The van der Waals surface area contributed by atoms with Crippen LogP contribution in [0.15, 0.2) is 48.5 Å². The van der Waals surface area contributed by atoms with E-state index in [4.69, 9.17) is 9.47 Å². The van der Waals surface area contributed by atoms with Crippen molar-refractivity contribution in [1.29, 1.82) is 0 Å². The number of anilines is 2. The molecule has 1 N–H and O–H groups in total.